The van der Waals surface area contributed by atoms with Crippen LogP contribution in [0.4, 0.5) is 0 Å². The van der Waals surface area contributed by atoms with Gasteiger partial charge < -0.3 is 10.1 Å². The molecule has 1 aliphatic carbocycles. The molecule has 0 spiro atoms. The van der Waals surface area contributed by atoms with Gasteiger partial charge in [0, 0.05) is 19.3 Å². The Hall–Kier alpha value is -0.860. The maximum atomic E-state index is 5.58. The van der Waals surface area contributed by atoms with E-state index in [1.165, 1.54) is 24.0 Å². The zero-order valence-electron chi connectivity index (χ0n) is 11.6. The van der Waals surface area contributed by atoms with Gasteiger partial charge in [-0.05, 0) is 42.9 Å². The maximum absolute atomic E-state index is 5.58. The van der Waals surface area contributed by atoms with Gasteiger partial charge in [0.25, 0.3) is 0 Å². The van der Waals surface area contributed by atoms with Crippen LogP contribution in [0.1, 0.15) is 31.4 Å². The fourth-order valence-electron chi connectivity index (χ4n) is 2.50. The predicted molar refractivity (Wildman–Crippen MR) is 75.9 cm³/mol. The molecule has 0 bridgehead atoms. The van der Waals surface area contributed by atoms with E-state index in [1.807, 2.05) is 0 Å². The summed E-state index contributed by atoms with van der Waals surface area (Å²) in [6, 6.07) is 9.42. The molecule has 0 saturated heterocycles. The zero-order chi connectivity index (χ0) is 12.8. The van der Waals surface area contributed by atoms with Crippen molar-refractivity contribution < 1.29 is 4.74 Å². The summed E-state index contributed by atoms with van der Waals surface area (Å²) in [5.74, 6) is 0.641. The Morgan fingerprint density at radius 1 is 1.22 bits per heavy atom. The number of hydrogen-bond donors (Lipinski definition) is 1. The van der Waals surface area contributed by atoms with Gasteiger partial charge in [-0.3, -0.25) is 0 Å². The Morgan fingerprint density at radius 2 is 1.89 bits per heavy atom. The lowest BCUT2D eigenvalue weighted by atomic mass is 10.1. The molecule has 0 aliphatic heterocycles. The van der Waals surface area contributed by atoms with E-state index in [9.17, 15) is 0 Å². The van der Waals surface area contributed by atoms with Crippen LogP contribution in [-0.4, -0.2) is 25.8 Å². The number of ether oxygens (including phenoxy) is 1. The van der Waals surface area contributed by atoms with Crippen molar-refractivity contribution in [2.24, 2.45) is 5.92 Å². The molecular weight excluding hydrogens is 222 g/mol. The second-order valence-electron chi connectivity index (χ2n) is 5.65. The van der Waals surface area contributed by atoms with Crippen LogP contribution in [0.25, 0.3) is 0 Å². The van der Waals surface area contributed by atoms with Crippen molar-refractivity contribution in [2.45, 2.75) is 39.2 Å². The van der Waals surface area contributed by atoms with Crippen LogP contribution < -0.4 is 5.32 Å². The highest BCUT2D eigenvalue weighted by Crippen LogP contribution is 2.21. The van der Waals surface area contributed by atoms with Gasteiger partial charge in [0.15, 0.2) is 0 Å². The average Bonchev–Trinajstić information content (AvgIpc) is 2.75. The van der Waals surface area contributed by atoms with Crippen LogP contribution in [0.2, 0.25) is 0 Å². The summed E-state index contributed by atoms with van der Waals surface area (Å²) in [5, 5.41) is 3.64. The van der Waals surface area contributed by atoms with Gasteiger partial charge in [-0.15, -0.1) is 0 Å². The molecule has 0 saturated carbocycles. The van der Waals surface area contributed by atoms with Crippen LogP contribution >= 0.6 is 0 Å². The first-order valence-electron chi connectivity index (χ1n) is 7.13. The average molecular weight is 247 g/mol. The van der Waals surface area contributed by atoms with E-state index in [-0.39, 0.29) is 0 Å². The number of fused-ring (bicyclic) bond motifs is 1. The van der Waals surface area contributed by atoms with Crippen molar-refractivity contribution >= 4 is 0 Å². The first-order valence-corrected chi connectivity index (χ1v) is 7.13. The summed E-state index contributed by atoms with van der Waals surface area (Å²) >= 11 is 0. The molecule has 2 nitrogen and oxygen atoms in total. The number of benzene rings is 1. The standard InChI is InChI=1S/C16H25NO/c1-13(2)12-18-9-5-8-17-16-10-14-6-3-4-7-15(14)11-16/h3-4,6-7,13,16-17H,5,8-12H2,1-2H3. The summed E-state index contributed by atoms with van der Waals surface area (Å²) in [5.41, 5.74) is 3.04. The predicted octanol–water partition coefficient (Wildman–Crippen LogP) is 2.81. The van der Waals surface area contributed by atoms with Crippen LogP contribution in [0, 0.1) is 5.92 Å². The maximum Gasteiger partial charge on any atom is 0.0489 e. The first kappa shape index (κ1) is 13.6. The minimum absolute atomic E-state index is 0.632. The quantitative estimate of drug-likeness (QED) is 0.748. The Balaban J connectivity index is 1.57. The molecule has 0 amide bonds. The van der Waals surface area contributed by atoms with Crippen LogP contribution in [-0.2, 0) is 17.6 Å². The highest BCUT2D eigenvalue weighted by Gasteiger charge is 2.19. The summed E-state index contributed by atoms with van der Waals surface area (Å²) in [6.07, 6.45) is 3.48. The number of nitrogens with one attached hydrogen (secondary N) is 1. The summed E-state index contributed by atoms with van der Waals surface area (Å²) in [4.78, 5) is 0. The molecule has 0 aromatic heterocycles. The minimum atomic E-state index is 0.632. The molecule has 0 heterocycles. The smallest absolute Gasteiger partial charge is 0.0489 e. The van der Waals surface area contributed by atoms with Crippen LogP contribution in [0.5, 0.6) is 0 Å². The van der Waals surface area contributed by atoms with Gasteiger partial charge in [0.05, 0.1) is 0 Å². The Kier molecular flexibility index (Phi) is 5.21. The fraction of sp³-hybridized carbons (Fsp3) is 0.625. The van der Waals surface area contributed by atoms with Gasteiger partial charge in [-0.25, -0.2) is 0 Å². The molecule has 0 radical (unpaired) electrons. The second-order valence-corrected chi connectivity index (χ2v) is 5.65. The molecule has 100 valence electrons. The summed E-state index contributed by atoms with van der Waals surface area (Å²) in [6.45, 7) is 7.21. The molecule has 0 unspecified atom stereocenters. The lowest BCUT2D eigenvalue weighted by Gasteiger charge is -2.12. The zero-order valence-corrected chi connectivity index (χ0v) is 11.6. The molecule has 18 heavy (non-hydrogen) atoms. The molecule has 2 rings (SSSR count). The number of hydrogen-bond acceptors (Lipinski definition) is 2. The lowest BCUT2D eigenvalue weighted by Crippen LogP contribution is -2.31. The van der Waals surface area contributed by atoms with Gasteiger partial charge in [-0.2, -0.15) is 0 Å². The normalized spacial score (nSPS) is 15.3. The van der Waals surface area contributed by atoms with Gasteiger partial charge in [0.2, 0.25) is 0 Å². The monoisotopic (exact) mass is 247 g/mol. The summed E-state index contributed by atoms with van der Waals surface area (Å²) < 4.78 is 5.58. The van der Waals surface area contributed by atoms with E-state index >= 15 is 0 Å². The lowest BCUT2D eigenvalue weighted by molar-refractivity contribution is 0.107. The molecule has 2 heteroatoms. The Bertz CT molecular complexity index is 337. The van der Waals surface area contributed by atoms with Gasteiger partial charge in [-0.1, -0.05) is 38.1 Å². The third-order valence-corrected chi connectivity index (χ3v) is 3.40. The molecule has 0 fully saturated rings. The van der Waals surface area contributed by atoms with Crippen molar-refractivity contribution in [3.05, 3.63) is 35.4 Å². The SMILES string of the molecule is CC(C)COCCCNC1Cc2ccccc2C1. The third kappa shape index (κ3) is 4.11. The van der Waals surface area contributed by atoms with Crippen molar-refractivity contribution in [1.29, 1.82) is 0 Å². The molecule has 1 aromatic rings. The molecule has 1 N–H and O–H groups in total. The van der Waals surface area contributed by atoms with Crippen molar-refractivity contribution in [2.75, 3.05) is 19.8 Å². The van der Waals surface area contributed by atoms with E-state index in [0.29, 0.717) is 12.0 Å². The largest absolute Gasteiger partial charge is 0.381 e. The highest BCUT2D eigenvalue weighted by molar-refractivity contribution is 5.33. The van der Waals surface area contributed by atoms with E-state index in [1.54, 1.807) is 0 Å². The van der Waals surface area contributed by atoms with Crippen LogP contribution in [0.15, 0.2) is 24.3 Å². The highest BCUT2D eigenvalue weighted by atomic mass is 16.5. The Morgan fingerprint density at radius 3 is 2.50 bits per heavy atom. The van der Waals surface area contributed by atoms with Crippen molar-refractivity contribution in [3.63, 3.8) is 0 Å². The summed E-state index contributed by atoms with van der Waals surface area (Å²) in [7, 11) is 0. The fourth-order valence-corrected chi connectivity index (χ4v) is 2.50. The van der Waals surface area contributed by atoms with Gasteiger partial charge in [0.1, 0.15) is 0 Å². The van der Waals surface area contributed by atoms with E-state index < -0.39 is 0 Å². The third-order valence-electron chi connectivity index (χ3n) is 3.40. The molecule has 0 atom stereocenters. The van der Waals surface area contributed by atoms with Gasteiger partial charge >= 0.3 is 0 Å². The molecule has 1 aromatic carbocycles. The number of rotatable bonds is 7. The van der Waals surface area contributed by atoms with E-state index in [4.69, 9.17) is 4.74 Å². The topological polar surface area (TPSA) is 21.3 Å². The van der Waals surface area contributed by atoms with E-state index in [0.717, 1.165) is 26.2 Å². The molecular formula is C16H25NO. The Labute approximate surface area is 111 Å². The van der Waals surface area contributed by atoms with E-state index in [2.05, 4.69) is 43.4 Å². The minimum Gasteiger partial charge on any atom is -0.381 e. The first-order chi connectivity index (χ1) is 8.75. The second kappa shape index (κ2) is 6.91. The van der Waals surface area contributed by atoms with Crippen molar-refractivity contribution in [1.82, 2.24) is 5.32 Å². The molecule has 1 aliphatic rings. The van der Waals surface area contributed by atoms with Crippen molar-refractivity contribution in [3.8, 4) is 0 Å². The van der Waals surface area contributed by atoms with Crippen LogP contribution in [0.3, 0.4) is 0 Å².